The summed E-state index contributed by atoms with van der Waals surface area (Å²) in [4.78, 5) is 4.56. The van der Waals surface area contributed by atoms with Gasteiger partial charge in [0.15, 0.2) is 5.82 Å². The lowest BCUT2D eigenvalue weighted by Gasteiger charge is -2.24. The van der Waals surface area contributed by atoms with Gasteiger partial charge in [-0.3, -0.25) is 0 Å². The molecule has 1 aliphatic carbocycles. The van der Waals surface area contributed by atoms with Crippen LogP contribution in [-0.2, 0) is 11.2 Å². The van der Waals surface area contributed by atoms with Gasteiger partial charge in [0.1, 0.15) is 0 Å². The van der Waals surface area contributed by atoms with E-state index in [9.17, 15) is 0 Å². The molecule has 5 heteroatoms. The van der Waals surface area contributed by atoms with E-state index in [-0.39, 0.29) is 0 Å². The fraction of sp³-hybridized carbons (Fsp3) is 0.857. The Morgan fingerprint density at radius 3 is 2.68 bits per heavy atom. The van der Waals surface area contributed by atoms with Crippen LogP contribution < -0.4 is 5.73 Å². The molecule has 3 rings (SSSR count). The van der Waals surface area contributed by atoms with Crippen LogP contribution in [0.5, 0.6) is 0 Å². The number of nitrogens with two attached hydrogens (primary N) is 1. The second kappa shape index (κ2) is 6.01. The van der Waals surface area contributed by atoms with Crippen molar-refractivity contribution in [2.24, 2.45) is 11.7 Å². The minimum Gasteiger partial charge on any atom is -0.378 e. The van der Waals surface area contributed by atoms with Gasteiger partial charge in [-0.1, -0.05) is 5.16 Å². The third-order valence-electron chi connectivity index (χ3n) is 4.45. The van der Waals surface area contributed by atoms with Gasteiger partial charge in [0.05, 0.1) is 6.10 Å². The fourth-order valence-electron chi connectivity index (χ4n) is 3.17. The molecule has 1 saturated carbocycles. The minimum absolute atomic E-state index is 0.290. The molecule has 2 N–H and O–H groups in total. The monoisotopic (exact) mass is 265 g/mol. The highest BCUT2D eigenvalue weighted by Crippen LogP contribution is 2.34. The Bertz CT molecular complexity index is 393. The van der Waals surface area contributed by atoms with Crippen molar-refractivity contribution in [2.45, 2.75) is 57.0 Å². The average Bonchev–Trinajstić information content (AvgIpc) is 3.11. The summed E-state index contributed by atoms with van der Waals surface area (Å²) in [6, 6.07) is 0. The van der Waals surface area contributed by atoms with Crippen molar-refractivity contribution in [3.8, 4) is 0 Å². The predicted molar refractivity (Wildman–Crippen MR) is 70.7 cm³/mol. The summed E-state index contributed by atoms with van der Waals surface area (Å²) in [5, 5.41) is 4.10. The first-order valence-electron chi connectivity index (χ1n) is 7.49. The van der Waals surface area contributed by atoms with E-state index in [0.717, 1.165) is 57.0 Å². The molecule has 1 aromatic rings. The Morgan fingerprint density at radius 2 is 2.00 bits per heavy atom. The first-order valence-corrected chi connectivity index (χ1v) is 7.49. The molecule has 106 valence electrons. The highest BCUT2D eigenvalue weighted by atomic mass is 16.5. The second-order valence-corrected chi connectivity index (χ2v) is 5.84. The van der Waals surface area contributed by atoms with Gasteiger partial charge in [0.2, 0.25) is 5.89 Å². The van der Waals surface area contributed by atoms with Gasteiger partial charge in [0, 0.05) is 18.9 Å². The largest absolute Gasteiger partial charge is 0.378 e. The predicted octanol–water partition coefficient (Wildman–Crippen LogP) is 2.02. The second-order valence-electron chi connectivity index (χ2n) is 5.84. The topological polar surface area (TPSA) is 74.2 Å². The molecule has 0 radical (unpaired) electrons. The van der Waals surface area contributed by atoms with Gasteiger partial charge in [0.25, 0.3) is 0 Å². The molecular formula is C14H23N3O2. The molecule has 2 aliphatic rings. The molecule has 19 heavy (non-hydrogen) atoms. The van der Waals surface area contributed by atoms with Crippen LogP contribution in [0.1, 0.15) is 56.2 Å². The summed E-state index contributed by atoms with van der Waals surface area (Å²) < 4.78 is 11.0. The summed E-state index contributed by atoms with van der Waals surface area (Å²) in [5.74, 6) is 2.75. The summed E-state index contributed by atoms with van der Waals surface area (Å²) >= 11 is 0. The maximum Gasteiger partial charge on any atom is 0.229 e. The molecule has 0 amide bonds. The van der Waals surface area contributed by atoms with Crippen LogP contribution in [0.3, 0.4) is 0 Å². The Hall–Kier alpha value is -0.940. The van der Waals surface area contributed by atoms with Gasteiger partial charge in [-0.25, -0.2) is 0 Å². The van der Waals surface area contributed by atoms with E-state index in [0.29, 0.717) is 17.9 Å². The molecule has 1 atom stereocenters. The van der Waals surface area contributed by atoms with Gasteiger partial charge < -0.3 is 15.0 Å². The highest BCUT2D eigenvalue weighted by Gasteiger charge is 2.26. The van der Waals surface area contributed by atoms with Crippen LogP contribution >= 0.6 is 0 Å². The smallest absolute Gasteiger partial charge is 0.229 e. The lowest BCUT2D eigenvalue weighted by Crippen LogP contribution is -2.20. The van der Waals surface area contributed by atoms with E-state index in [1.807, 2.05) is 0 Å². The van der Waals surface area contributed by atoms with Crippen molar-refractivity contribution < 1.29 is 9.26 Å². The van der Waals surface area contributed by atoms with Crippen LogP contribution in [0.15, 0.2) is 4.52 Å². The number of hydrogen-bond acceptors (Lipinski definition) is 5. The lowest BCUT2D eigenvalue weighted by atomic mass is 9.82. The molecule has 1 unspecified atom stereocenters. The summed E-state index contributed by atoms with van der Waals surface area (Å²) in [7, 11) is 0. The van der Waals surface area contributed by atoms with E-state index < -0.39 is 0 Å². The zero-order valence-electron chi connectivity index (χ0n) is 11.4. The number of aromatic nitrogens is 2. The van der Waals surface area contributed by atoms with Gasteiger partial charge in [-0.05, 0) is 51.0 Å². The van der Waals surface area contributed by atoms with Crippen molar-refractivity contribution in [2.75, 3.05) is 13.2 Å². The van der Waals surface area contributed by atoms with E-state index in [1.165, 1.54) is 12.8 Å². The Morgan fingerprint density at radius 1 is 1.16 bits per heavy atom. The van der Waals surface area contributed by atoms with Crippen LogP contribution in [0, 0.1) is 5.92 Å². The minimum atomic E-state index is 0.290. The van der Waals surface area contributed by atoms with Gasteiger partial charge >= 0.3 is 0 Å². The van der Waals surface area contributed by atoms with Crippen molar-refractivity contribution in [3.05, 3.63) is 11.7 Å². The van der Waals surface area contributed by atoms with Gasteiger partial charge in [-0.15, -0.1) is 0 Å². The normalized spacial score (nSPS) is 31.7. The van der Waals surface area contributed by atoms with Gasteiger partial charge in [-0.2, -0.15) is 4.98 Å². The third-order valence-corrected chi connectivity index (χ3v) is 4.45. The average molecular weight is 265 g/mol. The molecule has 2 fully saturated rings. The number of nitrogens with zero attached hydrogens (tertiary/aromatic N) is 2. The maximum atomic E-state index is 5.72. The molecule has 5 nitrogen and oxygen atoms in total. The molecule has 0 spiro atoms. The zero-order valence-corrected chi connectivity index (χ0v) is 11.4. The van der Waals surface area contributed by atoms with Crippen LogP contribution in [0.25, 0.3) is 0 Å². The maximum absolute atomic E-state index is 5.72. The highest BCUT2D eigenvalue weighted by molar-refractivity contribution is 4.97. The number of hydrogen-bond donors (Lipinski definition) is 1. The lowest BCUT2D eigenvalue weighted by molar-refractivity contribution is 0.109. The molecule has 0 aromatic carbocycles. The molecule has 0 bridgehead atoms. The van der Waals surface area contributed by atoms with Crippen molar-refractivity contribution in [1.82, 2.24) is 10.1 Å². The number of ether oxygens (including phenoxy) is 1. The molecule has 1 aliphatic heterocycles. The Labute approximate surface area is 113 Å². The molecular weight excluding hydrogens is 242 g/mol. The summed E-state index contributed by atoms with van der Waals surface area (Å²) in [6.07, 6.45) is 7.98. The first kappa shape index (κ1) is 13.1. The SMILES string of the molecule is NCC1CCC(c2nc(CC3CCCO3)no2)CC1. The van der Waals surface area contributed by atoms with E-state index in [1.54, 1.807) is 0 Å². The van der Waals surface area contributed by atoms with E-state index in [2.05, 4.69) is 10.1 Å². The zero-order chi connectivity index (χ0) is 13.1. The fourth-order valence-corrected chi connectivity index (χ4v) is 3.17. The van der Waals surface area contributed by atoms with Crippen LogP contribution in [0.2, 0.25) is 0 Å². The van der Waals surface area contributed by atoms with Crippen molar-refractivity contribution in [1.29, 1.82) is 0 Å². The van der Waals surface area contributed by atoms with Crippen molar-refractivity contribution in [3.63, 3.8) is 0 Å². The van der Waals surface area contributed by atoms with Crippen LogP contribution in [0.4, 0.5) is 0 Å². The van der Waals surface area contributed by atoms with E-state index >= 15 is 0 Å². The number of rotatable bonds is 4. The Balaban J connectivity index is 1.55. The standard InChI is InChI=1S/C14H23N3O2/c15-9-10-3-5-11(6-4-10)14-16-13(17-19-14)8-12-2-1-7-18-12/h10-12H,1-9,15H2. The third kappa shape index (κ3) is 3.15. The Kier molecular flexibility index (Phi) is 4.13. The first-order chi connectivity index (χ1) is 9.35. The summed E-state index contributed by atoms with van der Waals surface area (Å²) in [5.41, 5.74) is 5.72. The summed E-state index contributed by atoms with van der Waals surface area (Å²) in [6.45, 7) is 1.68. The van der Waals surface area contributed by atoms with Crippen molar-refractivity contribution >= 4 is 0 Å². The molecule has 2 heterocycles. The molecule has 1 saturated heterocycles. The van der Waals surface area contributed by atoms with Crippen LogP contribution in [-0.4, -0.2) is 29.4 Å². The molecule has 1 aromatic heterocycles. The quantitative estimate of drug-likeness (QED) is 0.901. The van der Waals surface area contributed by atoms with E-state index in [4.69, 9.17) is 15.0 Å².